The molecule has 0 saturated heterocycles. The van der Waals surface area contributed by atoms with Crippen LogP contribution in [0.5, 0.6) is 0 Å². The molecule has 1 fully saturated rings. The predicted octanol–water partition coefficient (Wildman–Crippen LogP) is 2.71. The molecule has 0 radical (unpaired) electrons. The van der Waals surface area contributed by atoms with Crippen molar-refractivity contribution in [1.29, 1.82) is 0 Å². The molecule has 0 amide bonds. The van der Waals surface area contributed by atoms with Crippen molar-refractivity contribution in [2.45, 2.75) is 57.9 Å². The smallest absolute Gasteiger partial charge is 0.127 e. The molecule has 1 saturated carbocycles. The first-order chi connectivity index (χ1) is 7.75. The zero-order valence-electron chi connectivity index (χ0n) is 10.1. The van der Waals surface area contributed by atoms with Crippen LogP contribution in [0.15, 0.2) is 0 Å². The van der Waals surface area contributed by atoms with Crippen LogP contribution in [0.1, 0.15) is 56.5 Å². The minimum atomic E-state index is 0.647. The van der Waals surface area contributed by atoms with Gasteiger partial charge in [0.05, 0.1) is 5.69 Å². The molecular formula is C13H21N3. The second kappa shape index (κ2) is 3.79. The lowest BCUT2D eigenvalue weighted by atomic mass is 10.0. The van der Waals surface area contributed by atoms with Gasteiger partial charge in [0.15, 0.2) is 0 Å². The summed E-state index contributed by atoms with van der Waals surface area (Å²) in [4.78, 5) is 4.82. The van der Waals surface area contributed by atoms with E-state index in [1.165, 1.54) is 43.6 Å². The molecule has 2 heterocycles. The Kier molecular flexibility index (Phi) is 2.41. The quantitative estimate of drug-likeness (QED) is 0.789. The number of imidazole rings is 1. The molecule has 1 aliphatic heterocycles. The van der Waals surface area contributed by atoms with Gasteiger partial charge in [-0.15, -0.1) is 0 Å². The highest BCUT2D eigenvalue weighted by molar-refractivity contribution is 5.41. The van der Waals surface area contributed by atoms with E-state index in [9.17, 15) is 0 Å². The Labute approximate surface area is 97.0 Å². The lowest BCUT2D eigenvalue weighted by molar-refractivity contribution is 0.412. The monoisotopic (exact) mass is 219 g/mol. The van der Waals surface area contributed by atoms with Gasteiger partial charge in [-0.1, -0.05) is 19.8 Å². The van der Waals surface area contributed by atoms with Gasteiger partial charge in [0.2, 0.25) is 0 Å². The molecule has 3 nitrogen and oxygen atoms in total. The third-order valence-electron chi connectivity index (χ3n) is 4.23. The fourth-order valence-electron chi connectivity index (χ4n) is 3.20. The maximum Gasteiger partial charge on any atom is 0.127 e. The number of nitrogens with zero attached hydrogens (tertiary/aromatic N) is 2. The van der Waals surface area contributed by atoms with Gasteiger partial charge in [-0.3, -0.25) is 0 Å². The molecule has 2 aliphatic rings. The standard InChI is InChI=1S/C13H21N3/c1-9-6-7-16-11(8-9)15-12(13(16)14)10-4-2-3-5-10/h9-10H,2-8,14H2,1H3. The van der Waals surface area contributed by atoms with Crippen molar-refractivity contribution >= 4 is 5.82 Å². The van der Waals surface area contributed by atoms with Crippen molar-refractivity contribution in [2.75, 3.05) is 5.73 Å². The number of hydrogen-bond acceptors (Lipinski definition) is 2. The zero-order chi connectivity index (χ0) is 11.1. The molecule has 1 aliphatic carbocycles. The summed E-state index contributed by atoms with van der Waals surface area (Å²) in [5.41, 5.74) is 7.46. The molecule has 1 atom stereocenters. The fraction of sp³-hybridized carbons (Fsp3) is 0.769. The van der Waals surface area contributed by atoms with Gasteiger partial charge in [0.25, 0.3) is 0 Å². The summed E-state index contributed by atoms with van der Waals surface area (Å²) < 4.78 is 2.26. The summed E-state index contributed by atoms with van der Waals surface area (Å²) in [5.74, 6) is 3.62. The van der Waals surface area contributed by atoms with Crippen molar-refractivity contribution in [2.24, 2.45) is 5.92 Å². The third kappa shape index (κ3) is 1.53. The van der Waals surface area contributed by atoms with Crippen molar-refractivity contribution in [3.8, 4) is 0 Å². The first kappa shape index (κ1) is 10.2. The van der Waals surface area contributed by atoms with Crippen LogP contribution in [0, 0.1) is 5.92 Å². The fourth-order valence-corrected chi connectivity index (χ4v) is 3.20. The number of nitrogens with two attached hydrogens (primary N) is 1. The van der Waals surface area contributed by atoms with Gasteiger partial charge in [0.1, 0.15) is 11.6 Å². The number of rotatable bonds is 1. The number of nitrogen functional groups attached to an aromatic ring is 1. The van der Waals surface area contributed by atoms with Crippen LogP contribution in [-0.2, 0) is 13.0 Å². The summed E-state index contributed by atoms with van der Waals surface area (Å²) in [5, 5.41) is 0. The molecule has 2 N–H and O–H groups in total. The lowest BCUT2D eigenvalue weighted by Gasteiger charge is -2.20. The molecule has 0 bridgehead atoms. The second-order valence-corrected chi connectivity index (χ2v) is 5.53. The van der Waals surface area contributed by atoms with Gasteiger partial charge in [-0.2, -0.15) is 0 Å². The minimum absolute atomic E-state index is 0.647. The maximum absolute atomic E-state index is 6.25. The van der Waals surface area contributed by atoms with Crippen LogP contribution in [0.4, 0.5) is 5.82 Å². The van der Waals surface area contributed by atoms with Crippen LogP contribution in [0.25, 0.3) is 0 Å². The molecule has 1 aromatic rings. The van der Waals surface area contributed by atoms with Gasteiger partial charge in [0, 0.05) is 18.9 Å². The average molecular weight is 219 g/mol. The van der Waals surface area contributed by atoms with E-state index in [4.69, 9.17) is 10.7 Å². The van der Waals surface area contributed by atoms with Crippen LogP contribution in [0.3, 0.4) is 0 Å². The van der Waals surface area contributed by atoms with Crippen LogP contribution < -0.4 is 5.73 Å². The van der Waals surface area contributed by atoms with E-state index in [0.717, 1.165) is 24.7 Å². The summed E-state index contributed by atoms with van der Waals surface area (Å²) in [6.07, 6.45) is 7.63. The molecule has 0 aromatic carbocycles. The largest absolute Gasteiger partial charge is 0.384 e. The number of hydrogen-bond donors (Lipinski definition) is 1. The molecule has 3 heteroatoms. The SMILES string of the molecule is CC1CCn2c(nc(C3CCCC3)c2N)C1. The normalized spacial score (nSPS) is 25.9. The van der Waals surface area contributed by atoms with Crippen LogP contribution >= 0.6 is 0 Å². The lowest BCUT2D eigenvalue weighted by Crippen LogP contribution is -2.18. The Morgan fingerprint density at radius 3 is 2.75 bits per heavy atom. The molecule has 1 aromatic heterocycles. The van der Waals surface area contributed by atoms with E-state index >= 15 is 0 Å². The Balaban J connectivity index is 1.95. The van der Waals surface area contributed by atoms with Gasteiger partial charge >= 0.3 is 0 Å². The number of anilines is 1. The van der Waals surface area contributed by atoms with E-state index in [0.29, 0.717) is 5.92 Å². The Morgan fingerprint density at radius 2 is 2.00 bits per heavy atom. The molecule has 16 heavy (non-hydrogen) atoms. The topological polar surface area (TPSA) is 43.8 Å². The van der Waals surface area contributed by atoms with Crippen molar-refractivity contribution in [3.05, 3.63) is 11.5 Å². The van der Waals surface area contributed by atoms with E-state index in [1.807, 2.05) is 0 Å². The van der Waals surface area contributed by atoms with E-state index in [-0.39, 0.29) is 0 Å². The molecular weight excluding hydrogens is 198 g/mol. The summed E-state index contributed by atoms with van der Waals surface area (Å²) in [6.45, 7) is 3.38. The Morgan fingerprint density at radius 1 is 1.25 bits per heavy atom. The summed E-state index contributed by atoms with van der Waals surface area (Å²) in [6, 6.07) is 0. The van der Waals surface area contributed by atoms with Crippen LogP contribution in [0.2, 0.25) is 0 Å². The Bertz CT molecular complexity index is 388. The van der Waals surface area contributed by atoms with E-state index in [1.54, 1.807) is 0 Å². The van der Waals surface area contributed by atoms with Gasteiger partial charge in [-0.05, 0) is 25.2 Å². The number of aromatic nitrogens is 2. The second-order valence-electron chi connectivity index (χ2n) is 5.53. The van der Waals surface area contributed by atoms with Gasteiger partial charge < -0.3 is 10.3 Å². The van der Waals surface area contributed by atoms with Crippen LogP contribution in [-0.4, -0.2) is 9.55 Å². The molecule has 1 unspecified atom stereocenters. The average Bonchev–Trinajstić information content (AvgIpc) is 2.86. The number of fused-ring (bicyclic) bond motifs is 1. The van der Waals surface area contributed by atoms with Crippen molar-refractivity contribution < 1.29 is 0 Å². The van der Waals surface area contributed by atoms with Gasteiger partial charge in [-0.25, -0.2) is 4.98 Å². The van der Waals surface area contributed by atoms with Crippen molar-refractivity contribution in [3.63, 3.8) is 0 Å². The highest BCUT2D eigenvalue weighted by Crippen LogP contribution is 2.37. The molecule has 88 valence electrons. The summed E-state index contributed by atoms with van der Waals surface area (Å²) in [7, 11) is 0. The first-order valence-corrected chi connectivity index (χ1v) is 6.60. The third-order valence-corrected chi connectivity index (χ3v) is 4.23. The summed E-state index contributed by atoms with van der Waals surface area (Å²) >= 11 is 0. The van der Waals surface area contributed by atoms with E-state index < -0.39 is 0 Å². The predicted molar refractivity (Wildman–Crippen MR) is 65.3 cm³/mol. The van der Waals surface area contributed by atoms with Crippen molar-refractivity contribution in [1.82, 2.24) is 9.55 Å². The minimum Gasteiger partial charge on any atom is -0.384 e. The highest BCUT2D eigenvalue weighted by atomic mass is 15.1. The molecule has 0 spiro atoms. The Hall–Kier alpha value is -0.990. The van der Waals surface area contributed by atoms with E-state index in [2.05, 4.69) is 11.5 Å². The highest BCUT2D eigenvalue weighted by Gasteiger charge is 2.27. The molecule has 3 rings (SSSR count). The maximum atomic E-state index is 6.25. The first-order valence-electron chi connectivity index (χ1n) is 6.60. The zero-order valence-corrected chi connectivity index (χ0v) is 10.1.